The van der Waals surface area contributed by atoms with Crippen LogP contribution in [0.25, 0.3) is 55.1 Å². The number of aliphatic carboxylic acids is 1. The van der Waals surface area contributed by atoms with E-state index in [1.165, 1.54) is 172 Å². The fourth-order valence-corrected chi connectivity index (χ4v) is 19.5. The molecule has 6 aromatic rings. The summed E-state index contributed by atoms with van der Waals surface area (Å²) in [5.74, 6) is 7.17. The van der Waals surface area contributed by atoms with Crippen LogP contribution in [0, 0.1) is 111 Å². The molecule has 2 heterocycles. The molecule has 0 amide bonds. The number of hydrogen-bond donors (Lipinski definition) is 6. The predicted molar refractivity (Wildman–Crippen MR) is 448 cm³/mol. The minimum Gasteiger partial charge on any atom is -0.681 e. The van der Waals surface area contributed by atoms with E-state index in [9.17, 15) is 40.2 Å². The Morgan fingerprint density at radius 3 is 1.05 bits per heavy atom. The summed E-state index contributed by atoms with van der Waals surface area (Å²) < 4.78 is 0. The summed E-state index contributed by atoms with van der Waals surface area (Å²) in [5.41, 5.74) is 13.5. The van der Waals surface area contributed by atoms with Gasteiger partial charge in [0, 0.05) is 45.6 Å². The molecular weight excluding hydrogens is 1440 g/mol. The van der Waals surface area contributed by atoms with Gasteiger partial charge in [-0.2, -0.15) is 0 Å². The van der Waals surface area contributed by atoms with Gasteiger partial charge in [-0.25, -0.2) is 4.79 Å². The summed E-state index contributed by atoms with van der Waals surface area (Å²) in [5, 5.41) is 68.7. The van der Waals surface area contributed by atoms with Crippen LogP contribution < -0.4 is 0 Å². The average Bonchev–Trinajstić information content (AvgIpc) is 0.808. The van der Waals surface area contributed by atoms with E-state index < -0.39 is 24.5 Å². The smallest absolute Gasteiger partial charge is 0.336 e. The van der Waals surface area contributed by atoms with Crippen LogP contribution in [0.1, 0.15) is 233 Å². The van der Waals surface area contributed by atoms with Crippen LogP contribution in [-0.4, -0.2) is 68.0 Å². The fraction of sp³-hybridized carbons (Fsp3) is 0.531. The van der Waals surface area contributed by atoms with E-state index in [0.29, 0.717) is 52.7 Å². The Hall–Kier alpha value is -6.14. The van der Waals surface area contributed by atoms with Gasteiger partial charge in [0.2, 0.25) is 0 Å². The number of benzene rings is 6. The van der Waals surface area contributed by atoms with Crippen LogP contribution in [0.5, 0.6) is 0 Å². The van der Waals surface area contributed by atoms with Gasteiger partial charge in [0.05, 0.1) is 11.5 Å². The molecule has 1 saturated heterocycles. The number of aliphatic hydroxyl groups is 4. The summed E-state index contributed by atoms with van der Waals surface area (Å²) in [6.07, 6.45) is 39.4. The molecule has 600 valence electrons. The van der Waals surface area contributed by atoms with Crippen molar-refractivity contribution in [2.45, 2.75) is 235 Å². The second-order valence-corrected chi connectivity index (χ2v) is 33.9. The zero-order valence-corrected chi connectivity index (χ0v) is 69.7. The third kappa shape index (κ3) is 26.5. The molecule has 10 nitrogen and oxygen atoms in total. The molecule has 0 aromatic heterocycles. The molecule has 12 heteroatoms. The van der Waals surface area contributed by atoms with Crippen LogP contribution in [-0.2, 0) is 38.9 Å². The van der Waals surface area contributed by atoms with E-state index in [4.69, 9.17) is 0 Å². The molecule has 6 saturated carbocycles. The topological polar surface area (TPSA) is 184 Å². The van der Waals surface area contributed by atoms with Gasteiger partial charge in [-0.3, -0.25) is 4.79 Å². The van der Waals surface area contributed by atoms with Crippen molar-refractivity contribution in [3.63, 3.8) is 0 Å². The average molecular weight is 1580 g/mol. The number of hydrogen-bond acceptors (Lipinski definition) is 6. The maximum atomic E-state index is 12.2. The molecule has 6 N–H and O–H groups in total. The number of aryl methyl sites for hydroxylation is 4. The van der Waals surface area contributed by atoms with Crippen molar-refractivity contribution in [3.05, 3.63) is 227 Å². The first-order valence-electron chi connectivity index (χ1n) is 41.8. The summed E-state index contributed by atoms with van der Waals surface area (Å²) in [6, 6.07) is 44.0. The van der Waals surface area contributed by atoms with Crippen molar-refractivity contribution in [2.75, 3.05) is 13.1 Å². The van der Waals surface area contributed by atoms with Crippen LogP contribution in [0.4, 0.5) is 0 Å². The molecule has 5 atom stereocenters. The van der Waals surface area contributed by atoms with E-state index >= 15 is 0 Å². The Morgan fingerprint density at radius 1 is 0.436 bits per heavy atom. The van der Waals surface area contributed by atoms with Crippen molar-refractivity contribution >= 4 is 11.9 Å². The van der Waals surface area contributed by atoms with E-state index in [0.717, 1.165) is 110 Å². The van der Waals surface area contributed by atoms with Gasteiger partial charge in [-0.1, -0.05) is 285 Å². The Morgan fingerprint density at radius 2 is 0.782 bits per heavy atom. The van der Waals surface area contributed by atoms with Crippen molar-refractivity contribution in [2.24, 2.45) is 82.9 Å². The number of aliphatic hydroxyl groups excluding tert-OH is 2. The number of carboxylic acids is 2. The standard InChI is InChI=1S/C21H38O2.C21H36O2.C21H20O2.C21H18O2.C7H12N.C7H8N.2Fe/c4*1-14-6-10-16(11-7-14)18-4-3-5-19(20(18)21(22)23)17-12-8-15(2)9-13-17;2*1-2-7-5-3-4-6-8-7;;/h14-23H,3-13H2,1-2H3;14-20H,3-13H2,1-2H3,(H,22,23);3-13,21-23H,1-2H3;3-13H,1-2H3,(H,22,23);2,7H,1,3-6H2;2-5H,1,6H2;;/q;;;;2*-1;;. The van der Waals surface area contributed by atoms with Gasteiger partial charge in [0.15, 0.2) is 12.6 Å². The summed E-state index contributed by atoms with van der Waals surface area (Å²) in [6.45, 7) is 26.7. The number of carbonyl (C=O) groups is 2. The SMILES string of the molecule is C=CC1=CC=CC[N-]1.C=CC1CCCC[N-]1.CC1CCC(C2CCCC(C3CCC(C)CC3)C2C(=O)O)CC1.CC1CCC(C2CCCC(C3CCC(C)CC3)C2C(O)O)CC1.Cc1ccc(-c2cccc(-c3ccc(C)cc3)c2C(=O)O)cc1.Cc1ccc(-c2cccc(-c3ccc(C)cc3)c2C(O)O)cc1.[Fe].[Fe]. The van der Waals surface area contributed by atoms with Gasteiger partial charge in [-0.05, 0) is 220 Å². The normalized spacial score (nSPS) is 27.0. The van der Waals surface area contributed by atoms with Crippen molar-refractivity contribution < 1.29 is 74.4 Å². The zero-order valence-electron chi connectivity index (χ0n) is 67.5. The molecule has 14 rings (SSSR count). The number of nitrogens with zero attached hydrogens (tertiary/aromatic N) is 2. The van der Waals surface area contributed by atoms with E-state index in [2.05, 4.69) is 51.5 Å². The van der Waals surface area contributed by atoms with Gasteiger partial charge in [0.1, 0.15) is 0 Å². The minimum atomic E-state index is -1.52. The minimum absolute atomic E-state index is 0. The zero-order chi connectivity index (χ0) is 77.2. The maximum absolute atomic E-state index is 12.2. The van der Waals surface area contributed by atoms with Crippen LogP contribution >= 0.6 is 0 Å². The Labute approximate surface area is 683 Å². The third-order valence-corrected chi connectivity index (χ3v) is 26.0. The molecule has 2 aliphatic heterocycles. The Kier molecular flexibility index (Phi) is 38.3. The van der Waals surface area contributed by atoms with Crippen LogP contribution in [0.3, 0.4) is 0 Å². The molecule has 5 unspecified atom stereocenters. The van der Waals surface area contributed by atoms with Gasteiger partial charge >= 0.3 is 11.9 Å². The summed E-state index contributed by atoms with van der Waals surface area (Å²) in [4.78, 5) is 24.1. The summed E-state index contributed by atoms with van der Waals surface area (Å²) in [7, 11) is 0. The Bertz CT molecular complexity index is 3580. The second kappa shape index (κ2) is 46.3. The fourth-order valence-electron chi connectivity index (χ4n) is 19.5. The first-order valence-corrected chi connectivity index (χ1v) is 41.8. The Balaban J connectivity index is 0.000000189. The van der Waals surface area contributed by atoms with E-state index in [1.54, 1.807) is 6.08 Å². The van der Waals surface area contributed by atoms with Gasteiger partial charge in [0.25, 0.3) is 0 Å². The van der Waals surface area contributed by atoms with Crippen LogP contribution in [0.2, 0.25) is 0 Å². The monoisotopic (exact) mass is 1580 g/mol. The molecule has 0 spiro atoms. The molecule has 0 bridgehead atoms. The molecule has 8 aliphatic rings. The maximum Gasteiger partial charge on any atom is 0.336 e. The quantitative estimate of drug-likeness (QED) is 0.0354. The molecule has 0 radical (unpaired) electrons. The number of carboxylic acid groups (broad SMARTS) is 2. The number of allylic oxidation sites excluding steroid dienone is 3. The molecule has 6 aromatic carbocycles. The molecule has 7 fully saturated rings. The van der Waals surface area contributed by atoms with Gasteiger partial charge in [-0.15, -0.1) is 50.1 Å². The summed E-state index contributed by atoms with van der Waals surface area (Å²) >= 11 is 0. The van der Waals surface area contributed by atoms with Crippen molar-refractivity contribution in [3.8, 4) is 44.5 Å². The number of piperidine rings is 1. The largest absolute Gasteiger partial charge is 0.681 e. The molecule has 110 heavy (non-hydrogen) atoms. The van der Waals surface area contributed by atoms with E-state index in [1.807, 2.05) is 185 Å². The molecule has 6 aliphatic carbocycles. The first-order chi connectivity index (χ1) is 52.1. The van der Waals surface area contributed by atoms with Crippen molar-refractivity contribution in [1.29, 1.82) is 0 Å². The number of aromatic carboxylic acids is 1. The first kappa shape index (κ1) is 91.0. The third-order valence-electron chi connectivity index (χ3n) is 26.0. The number of rotatable bonds is 14. The van der Waals surface area contributed by atoms with Crippen molar-refractivity contribution in [1.82, 2.24) is 0 Å². The van der Waals surface area contributed by atoms with Gasteiger partial charge < -0.3 is 41.3 Å². The van der Waals surface area contributed by atoms with Crippen LogP contribution in [0.15, 0.2) is 183 Å². The van der Waals surface area contributed by atoms with E-state index in [-0.39, 0.29) is 46.0 Å². The predicted octanol–water partition coefficient (Wildman–Crippen LogP) is 24.8. The molecular formula is C98H132Fe2N2O8-2. The second-order valence-electron chi connectivity index (χ2n) is 33.9.